The van der Waals surface area contributed by atoms with Crippen LogP contribution in [0.5, 0.6) is 0 Å². The van der Waals surface area contributed by atoms with Crippen molar-refractivity contribution >= 4 is 33.5 Å². The number of para-hydroxylation sites is 3. The molecule has 0 spiro atoms. The van der Waals surface area contributed by atoms with E-state index in [-0.39, 0.29) is 18.1 Å². The van der Waals surface area contributed by atoms with Crippen LogP contribution in [0.2, 0.25) is 0 Å². The SMILES string of the molecule is Cn1c(=O)n(CC(=O)Nc2cccc3cccnc23)c2ccccc21. The first-order valence-corrected chi connectivity index (χ1v) is 7.93. The van der Waals surface area contributed by atoms with Crippen molar-refractivity contribution in [2.45, 2.75) is 6.54 Å². The molecule has 1 amide bonds. The Labute approximate surface area is 143 Å². The molecule has 2 heterocycles. The first kappa shape index (κ1) is 15.1. The highest BCUT2D eigenvalue weighted by Crippen LogP contribution is 2.20. The van der Waals surface area contributed by atoms with Crippen LogP contribution in [0.25, 0.3) is 21.9 Å². The number of hydrogen-bond donors (Lipinski definition) is 1. The molecule has 25 heavy (non-hydrogen) atoms. The maximum Gasteiger partial charge on any atom is 0.329 e. The minimum absolute atomic E-state index is 0.0522. The van der Waals surface area contributed by atoms with E-state index < -0.39 is 0 Å². The molecule has 0 radical (unpaired) electrons. The molecular weight excluding hydrogens is 316 g/mol. The minimum atomic E-state index is -0.267. The standard InChI is InChI=1S/C19H16N4O2/c1-22-15-9-2-3-10-16(15)23(19(22)25)12-17(24)21-14-8-4-6-13-7-5-11-20-18(13)14/h2-11H,12H2,1H3,(H,21,24). The highest BCUT2D eigenvalue weighted by molar-refractivity contribution is 6.00. The molecular formula is C19H16N4O2. The normalized spacial score (nSPS) is 11.1. The molecule has 0 aliphatic heterocycles. The second-order valence-corrected chi connectivity index (χ2v) is 5.85. The molecule has 0 bridgehead atoms. The second-order valence-electron chi connectivity index (χ2n) is 5.85. The third-order valence-electron chi connectivity index (χ3n) is 4.26. The first-order valence-electron chi connectivity index (χ1n) is 7.93. The van der Waals surface area contributed by atoms with Gasteiger partial charge in [-0.1, -0.05) is 30.3 Å². The highest BCUT2D eigenvalue weighted by atomic mass is 16.2. The number of carbonyl (C=O) groups is 1. The van der Waals surface area contributed by atoms with Crippen LogP contribution in [0.4, 0.5) is 5.69 Å². The smallest absolute Gasteiger partial charge is 0.323 e. The number of fused-ring (bicyclic) bond motifs is 2. The molecule has 0 aliphatic carbocycles. The molecule has 4 rings (SSSR count). The van der Waals surface area contributed by atoms with Crippen LogP contribution in [0.1, 0.15) is 0 Å². The number of anilines is 1. The predicted molar refractivity (Wildman–Crippen MR) is 97.6 cm³/mol. The zero-order chi connectivity index (χ0) is 17.4. The topological polar surface area (TPSA) is 68.9 Å². The van der Waals surface area contributed by atoms with Gasteiger partial charge in [-0.05, 0) is 24.3 Å². The number of pyridine rings is 1. The van der Waals surface area contributed by atoms with Crippen molar-refractivity contribution in [2.24, 2.45) is 7.05 Å². The Morgan fingerprint density at radius 3 is 2.64 bits per heavy atom. The Balaban J connectivity index is 1.67. The molecule has 0 aliphatic rings. The Hall–Kier alpha value is -3.41. The number of nitrogens with zero attached hydrogens (tertiary/aromatic N) is 3. The van der Waals surface area contributed by atoms with Crippen LogP contribution in [0.3, 0.4) is 0 Å². The lowest BCUT2D eigenvalue weighted by Crippen LogP contribution is -2.28. The summed E-state index contributed by atoms with van der Waals surface area (Å²) < 4.78 is 3.02. The van der Waals surface area contributed by atoms with E-state index in [4.69, 9.17) is 0 Å². The predicted octanol–water partition coefficient (Wildman–Crippen LogP) is 2.53. The van der Waals surface area contributed by atoms with Gasteiger partial charge < -0.3 is 5.32 Å². The molecule has 124 valence electrons. The second kappa shape index (κ2) is 5.90. The summed E-state index contributed by atoms with van der Waals surface area (Å²) in [5.74, 6) is -0.267. The molecule has 0 saturated carbocycles. The van der Waals surface area contributed by atoms with Gasteiger partial charge in [0, 0.05) is 18.6 Å². The van der Waals surface area contributed by atoms with Crippen molar-refractivity contribution in [3.8, 4) is 0 Å². The summed E-state index contributed by atoms with van der Waals surface area (Å²) in [6.07, 6.45) is 1.69. The van der Waals surface area contributed by atoms with Gasteiger partial charge in [-0.2, -0.15) is 0 Å². The molecule has 2 aromatic heterocycles. The van der Waals surface area contributed by atoms with Gasteiger partial charge in [0.25, 0.3) is 0 Å². The number of rotatable bonds is 3. The largest absolute Gasteiger partial charge is 0.329 e. The van der Waals surface area contributed by atoms with E-state index in [0.717, 1.165) is 21.9 Å². The van der Waals surface area contributed by atoms with Gasteiger partial charge in [-0.15, -0.1) is 0 Å². The van der Waals surface area contributed by atoms with E-state index in [9.17, 15) is 9.59 Å². The first-order chi connectivity index (χ1) is 12.1. The van der Waals surface area contributed by atoms with Crippen molar-refractivity contribution in [3.05, 3.63) is 71.3 Å². The zero-order valence-electron chi connectivity index (χ0n) is 13.6. The summed E-state index contributed by atoms with van der Waals surface area (Å²) in [7, 11) is 1.70. The third-order valence-corrected chi connectivity index (χ3v) is 4.26. The fourth-order valence-electron chi connectivity index (χ4n) is 3.05. The average molecular weight is 332 g/mol. The van der Waals surface area contributed by atoms with E-state index >= 15 is 0 Å². The van der Waals surface area contributed by atoms with Crippen molar-refractivity contribution in [2.75, 3.05) is 5.32 Å². The van der Waals surface area contributed by atoms with Crippen LogP contribution in [0, 0.1) is 0 Å². The van der Waals surface area contributed by atoms with Gasteiger partial charge in [0.05, 0.1) is 22.2 Å². The third kappa shape index (κ3) is 2.57. The Kier molecular flexibility index (Phi) is 3.57. The van der Waals surface area contributed by atoms with Crippen molar-refractivity contribution in [1.82, 2.24) is 14.1 Å². The Bertz CT molecular complexity index is 1150. The number of amides is 1. The molecule has 0 atom stereocenters. The lowest BCUT2D eigenvalue weighted by atomic mass is 10.2. The summed E-state index contributed by atoms with van der Waals surface area (Å²) in [4.78, 5) is 29.3. The van der Waals surface area contributed by atoms with E-state index in [2.05, 4.69) is 10.3 Å². The molecule has 0 saturated heterocycles. The summed E-state index contributed by atoms with van der Waals surface area (Å²) in [5.41, 5.74) is 2.68. The monoisotopic (exact) mass is 332 g/mol. The maximum atomic E-state index is 12.5. The van der Waals surface area contributed by atoms with E-state index in [1.54, 1.807) is 23.9 Å². The lowest BCUT2D eigenvalue weighted by Gasteiger charge is -2.08. The van der Waals surface area contributed by atoms with Crippen molar-refractivity contribution in [3.63, 3.8) is 0 Å². The molecule has 6 nitrogen and oxygen atoms in total. The molecule has 0 unspecified atom stereocenters. The highest BCUT2D eigenvalue weighted by Gasteiger charge is 2.14. The van der Waals surface area contributed by atoms with Crippen LogP contribution < -0.4 is 11.0 Å². The van der Waals surface area contributed by atoms with Crippen LogP contribution in [-0.2, 0) is 18.4 Å². The lowest BCUT2D eigenvalue weighted by molar-refractivity contribution is -0.116. The van der Waals surface area contributed by atoms with Gasteiger partial charge in [0.1, 0.15) is 6.54 Å². The fraction of sp³-hybridized carbons (Fsp3) is 0.105. The number of carbonyl (C=O) groups excluding carboxylic acids is 1. The number of nitrogens with one attached hydrogen (secondary N) is 1. The van der Waals surface area contributed by atoms with Gasteiger partial charge in [-0.25, -0.2) is 4.79 Å². The molecule has 1 N–H and O–H groups in total. The van der Waals surface area contributed by atoms with Gasteiger partial charge in [0.2, 0.25) is 5.91 Å². The van der Waals surface area contributed by atoms with Gasteiger partial charge in [0.15, 0.2) is 0 Å². The van der Waals surface area contributed by atoms with Crippen LogP contribution in [-0.4, -0.2) is 20.0 Å². The molecule has 4 aromatic rings. The summed E-state index contributed by atoms with van der Waals surface area (Å²) in [6, 6.07) is 16.8. The zero-order valence-corrected chi connectivity index (χ0v) is 13.6. The number of hydrogen-bond acceptors (Lipinski definition) is 3. The van der Waals surface area contributed by atoms with E-state index in [0.29, 0.717) is 5.69 Å². The summed E-state index contributed by atoms with van der Waals surface area (Å²) >= 11 is 0. The quantitative estimate of drug-likeness (QED) is 0.627. The number of imidazole rings is 1. The van der Waals surface area contributed by atoms with Crippen molar-refractivity contribution < 1.29 is 4.79 Å². The number of aromatic nitrogens is 3. The molecule has 0 fully saturated rings. The van der Waals surface area contributed by atoms with E-state index in [1.165, 1.54) is 4.57 Å². The summed E-state index contributed by atoms with van der Waals surface area (Å²) in [6.45, 7) is -0.0522. The van der Waals surface area contributed by atoms with Gasteiger partial charge >= 0.3 is 5.69 Å². The van der Waals surface area contributed by atoms with E-state index in [1.807, 2.05) is 48.5 Å². The van der Waals surface area contributed by atoms with Crippen LogP contribution >= 0.6 is 0 Å². The molecule has 6 heteroatoms. The Morgan fingerprint density at radius 1 is 1.04 bits per heavy atom. The minimum Gasteiger partial charge on any atom is -0.323 e. The number of benzene rings is 2. The molecule has 2 aromatic carbocycles. The summed E-state index contributed by atoms with van der Waals surface area (Å²) in [5, 5.41) is 3.81. The fourth-order valence-corrected chi connectivity index (χ4v) is 3.05. The van der Waals surface area contributed by atoms with Gasteiger partial charge in [-0.3, -0.25) is 18.9 Å². The average Bonchev–Trinajstić information content (AvgIpc) is 2.87. The van der Waals surface area contributed by atoms with Crippen molar-refractivity contribution in [1.29, 1.82) is 0 Å². The number of aryl methyl sites for hydroxylation is 1. The Morgan fingerprint density at radius 2 is 1.80 bits per heavy atom. The maximum absolute atomic E-state index is 12.5. The van der Waals surface area contributed by atoms with Crippen LogP contribution in [0.15, 0.2) is 65.6 Å².